The van der Waals surface area contributed by atoms with E-state index in [9.17, 15) is 4.79 Å². The summed E-state index contributed by atoms with van der Waals surface area (Å²) in [4.78, 5) is 10.9. The van der Waals surface area contributed by atoms with Gasteiger partial charge in [0, 0.05) is 24.2 Å². The van der Waals surface area contributed by atoms with Crippen LogP contribution in [0.4, 0.5) is 0 Å². The van der Waals surface area contributed by atoms with Crippen LogP contribution in [-0.4, -0.2) is 36.1 Å². The molecule has 0 N–H and O–H groups in total. The number of benzene rings is 1. The lowest BCUT2D eigenvalue weighted by Gasteiger charge is -2.38. The third kappa shape index (κ3) is 3.11. The maximum atomic E-state index is 10.9. The normalized spacial score (nSPS) is 28.8. The molecule has 2 heterocycles. The molecule has 2 aliphatic rings. The molecule has 4 heteroatoms. The van der Waals surface area contributed by atoms with Crippen LogP contribution in [0, 0.1) is 13.8 Å². The molecule has 2 aliphatic heterocycles. The lowest BCUT2D eigenvalue weighted by atomic mass is 9.91. The van der Waals surface area contributed by atoms with Gasteiger partial charge in [0.25, 0.3) is 0 Å². The van der Waals surface area contributed by atoms with Crippen LogP contribution in [-0.2, 0) is 4.74 Å². The van der Waals surface area contributed by atoms with Crippen molar-refractivity contribution in [2.75, 3.05) is 18.1 Å². The van der Waals surface area contributed by atoms with Crippen molar-refractivity contribution in [3.8, 4) is 5.75 Å². The molecule has 1 aromatic rings. The molecular weight excluding hydrogens is 284 g/mol. The van der Waals surface area contributed by atoms with Gasteiger partial charge < -0.3 is 9.47 Å². The van der Waals surface area contributed by atoms with Crippen molar-refractivity contribution >= 4 is 18.0 Å². The summed E-state index contributed by atoms with van der Waals surface area (Å²) in [6.07, 6.45) is 4.18. The monoisotopic (exact) mass is 306 g/mol. The molecule has 0 saturated carbocycles. The van der Waals surface area contributed by atoms with Gasteiger partial charge in [0.1, 0.15) is 18.1 Å². The number of hydrogen-bond donors (Lipinski definition) is 0. The second-order valence-corrected chi connectivity index (χ2v) is 7.27. The summed E-state index contributed by atoms with van der Waals surface area (Å²) >= 11 is 1.98. The van der Waals surface area contributed by atoms with Crippen LogP contribution in [0.15, 0.2) is 12.1 Å². The predicted octanol–water partition coefficient (Wildman–Crippen LogP) is 3.55. The van der Waals surface area contributed by atoms with Crippen LogP contribution in [0.25, 0.3) is 0 Å². The van der Waals surface area contributed by atoms with E-state index in [1.54, 1.807) is 0 Å². The van der Waals surface area contributed by atoms with E-state index >= 15 is 0 Å². The highest BCUT2D eigenvalue weighted by atomic mass is 32.2. The molecule has 2 unspecified atom stereocenters. The van der Waals surface area contributed by atoms with Crippen LogP contribution < -0.4 is 4.74 Å². The number of aldehydes is 1. The average molecular weight is 306 g/mol. The molecule has 2 atom stereocenters. The van der Waals surface area contributed by atoms with E-state index in [2.05, 4.69) is 0 Å². The van der Waals surface area contributed by atoms with E-state index in [4.69, 9.17) is 9.47 Å². The number of rotatable bonds is 3. The summed E-state index contributed by atoms with van der Waals surface area (Å²) in [5, 5.41) is 0. The van der Waals surface area contributed by atoms with Crippen molar-refractivity contribution in [2.24, 2.45) is 0 Å². The smallest absolute Gasteiger partial charge is 0.150 e. The molecule has 0 aromatic heterocycles. The van der Waals surface area contributed by atoms with Crippen LogP contribution >= 0.6 is 11.8 Å². The van der Waals surface area contributed by atoms with Gasteiger partial charge in [-0.15, -0.1) is 0 Å². The number of aryl methyl sites for hydroxylation is 2. The zero-order valence-electron chi connectivity index (χ0n) is 12.7. The van der Waals surface area contributed by atoms with Gasteiger partial charge in [0.15, 0.2) is 0 Å². The molecular formula is C17H22O3S. The molecule has 0 aliphatic carbocycles. The fraction of sp³-hybridized carbons (Fsp3) is 0.588. The molecule has 114 valence electrons. The minimum absolute atomic E-state index is 0.0398. The summed E-state index contributed by atoms with van der Waals surface area (Å²) in [5.74, 6) is 3.22. The largest absolute Gasteiger partial charge is 0.490 e. The van der Waals surface area contributed by atoms with E-state index in [0.29, 0.717) is 5.56 Å². The van der Waals surface area contributed by atoms with Crippen molar-refractivity contribution < 1.29 is 14.3 Å². The minimum Gasteiger partial charge on any atom is -0.490 e. The highest BCUT2D eigenvalue weighted by Crippen LogP contribution is 2.40. The van der Waals surface area contributed by atoms with E-state index in [1.807, 2.05) is 37.7 Å². The molecule has 1 aromatic carbocycles. The Balaban J connectivity index is 1.75. The second-order valence-electron chi connectivity index (χ2n) is 6.17. The molecule has 2 fully saturated rings. The molecule has 0 amide bonds. The highest BCUT2D eigenvalue weighted by molar-refractivity contribution is 7.99. The Morgan fingerprint density at radius 1 is 1.38 bits per heavy atom. The van der Waals surface area contributed by atoms with Crippen molar-refractivity contribution in [2.45, 2.75) is 44.8 Å². The molecule has 21 heavy (non-hydrogen) atoms. The number of hydrogen-bond acceptors (Lipinski definition) is 4. The number of carbonyl (C=O) groups is 1. The Bertz CT molecular complexity index is 512. The topological polar surface area (TPSA) is 35.5 Å². The third-order valence-corrected chi connectivity index (χ3v) is 5.64. The number of carbonyl (C=O) groups excluding carboxylic acids is 1. The first-order valence-electron chi connectivity index (χ1n) is 7.57. The SMILES string of the molecule is Cc1cc(C=O)cc(C)c1OC1CCOC2(CCSC2)C1. The molecule has 0 radical (unpaired) electrons. The minimum atomic E-state index is 0.0398. The van der Waals surface area contributed by atoms with Gasteiger partial charge in [0.2, 0.25) is 0 Å². The fourth-order valence-corrected chi connectivity index (χ4v) is 4.73. The quantitative estimate of drug-likeness (QED) is 0.800. The summed E-state index contributed by atoms with van der Waals surface area (Å²) < 4.78 is 12.3. The maximum Gasteiger partial charge on any atom is 0.150 e. The summed E-state index contributed by atoms with van der Waals surface area (Å²) in [5.41, 5.74) is 2.84. The number of thioether (sulfide) groups is 1. The Hall–Kier alpha value is -1.000. The predicted molar refractivity (Wildman–Crippen MR) is 85.6 cm³/mol. The van der Waals surface area contributed by atoms with Gasteiger partial charge in [-0.25, -0.2) is 0 Å². The van der Waals surface area contributed by atoms with Crippen LogP contribution in [0.1, 0.15) is 40.7 Å². The first-order chi connectivity index (χ1) is 10.1. The van der Waals surface area contributed by atoms with Gasteiger partial charge in [-0.1, -0.05) is 0 Å². The lowest BCUT2D eigenvalue weighted by molar-refractivity contribution is -0.0960. The van der Waals surface area contributed by atoms with Crippen molar-refractivity contribution in [1.82, 2.24) is 0 Å². The standard InChI is InChI=1S/C17H22O3S/c1-12-7-14(10-18)8-13(2)16(12)20-15-3-5-19-17(9-15)4-6-21-11-17/h7-8,10,15H,3-6,9,11H2,1-2H3. The van der Waals surface area contributed by atoms with Gasteiger partial charge in [-0.3, -0.25) is 4.79 Å². The fourth-order valence-electron chi connectivity index (χ4n) is 3.35. The van der Waals surface area contributed by atoms with Crippen LogP contribution in [0.3, 0.4) is 0 Å². The second kappa shape index (κ2) is 6.01. The molecule has 1 spiro atoms. The van der Waals surface area contributed by atoms with Gasteiger partial charge in [-0.2, -0.15) is 11.8 Å². The maximum absolute atomic E-state index is 10.9. The third-order valence-electron chi connectivity index (χ3n) is 4.42. The molecule has 3 nitrogen and oxygen atoms in total. The van der Waals surface area contributed by atoms with E-state index in [1.165, 1.54) is 5.75 Å². The van der Waals surface area contributed by atoms with Crippen molar-refractivity contribution in [3.05, 3.63) is 28.8 Å². The Morgan fingerprint density at radius 2 is 2.14 bits per heavy atom. The summed E-state index contributed by atoms with van der Waals surface area (Å²) in [7, 11) is 0. The first-order valence-corrected chi connectivity index (χ1v) is 8.72. The van der Waals surface area contributed by atoms with E-state index in [-0.39, 0.29) is 11.7 Å². The summed E-state index contributed by atoms with van der Waals surface area (Å²) in [6, 6.07) is 3.80. The first kappa shape index (κ1) is 14.9. The van der Waals surface area contributed by atoms with Crippen molar-refractivity contribution in [1.29, 1.82) is 0 Å². The van der Waals surface area contributed by atoms with E-state index < -0.39 is 0 Å². The summed E-state index contributed by atoms with van der Waals surface area (Å²) in [6.45, 7) is 4.81. The van der Waals surface area contributed by atoms with Gasteiger partial charge in [0.05, 0.1) is 12.2 Å². The lowest BCUT2D eigenvalue weighted by Crippen LogP contribution is -2.44. The van der Waals surface area contributed by atoms with Crippen LogP contribution in [0.5, 0.6) is 5.75 Å². The van der Waals surface area contributed by atoms with E-state index in [0.717, 1.165) is 54.8 Å². The average Bonchev–Trinajstić information content (AvgIpc) is 2.90. The van der Waals surface area contributed by atoms with Crippen LogP contribution in [0.2, 0.25) is 0 Å². The van der Waals surface area contributed by atoms with Crippen molar-refractivity contribution in [3.63, 3.8) is 0 Å². The zero-order valence-corrected chi connectivity index (χ0v) is 13.5. The molecule has 2 saturated heterocycles. The Labute approximate surface area is 130 Å². The Morgan fingerprint density at radius 3 is 2.76 bits per heavy atom. The highest BCUT2D eigenvalue weighted by Gasteiger charge is 2.41. The van der Waals surface area contributed by atoms with Gasteiger partial charge in [-0.05, 0) is 49.3 Å². The number of ether oxygens (including phenoxy) is 2. The Kier molecular flexibility index (Phi) is 4.27. The molecule has 0 bridgehead atoms. The zero-order chi connectivity index (χ0) is 14.9. The molecule has 3 rings (SSSR count). The van der Waals surface area contributed by atoms with Gasteiger partial charge >= 0.3 is 0 Å².